The van der Waals surface area contributed by atoms with Crippen LogP contribution in [0.25, 0.3) is 0 Å². The van der Waals surface area contributed by atoms with E-state index in [4.69, 9.17) is 5.73 Å². The van der Waals surface area contributed by atoms with Gasteiger partial charge in [-0.1, -0.05) is 6.92 Å². The number of carbonyl (C=O) groups excluding carboxylic acids is 1. The van der Waals surface area contributed by atoms with Gasteiger partial charge < -0.3 is 15.5 Å². The Labute approximate surface area is 127 Å². The minimum Gasteiger partial charge on any atom is -0.372 e. The van der Waals surface area contributed by atoms with Crippen molar-refractivity contribution in [2.75, 3.05) is 31.1 Å². The van der Waals surface area contributed by atoms with Crippen LogP contribution < -0.4 is 10.6 Å². The van der Waals surface area contributed by atoms with E-state index in [0.29, 0.717) is 6.54 Å². The lowest BCUT2D eigenvalue weighted by molar-refractivity contribution is 0.0741. The molecule has 1 unspecified atom stereocenters. The summed E-state index contributed by atoms with van der Waals surface area (Å²) in [5.41, 5.74) is 7.71. The van der Waals surface area contributed by atoms with Gasteiger partial charge in [0.2, 0.25) is 0 Å². The number of nitrogens with two attached hydrogens (primary N) is 1. The summed E-state index contributed by atoms with van der Waals surface area (Å²) < 4.78 is 0. The first-order chi connectivity index (χ1) is 10.2. The van der Waals surface area contributed by atoms with Crippen LogP contribution in [0, 0.1) is 0 Å². The molecule has 1 fully saturated rings. The molecule has 4 heteroatoms. The van der Waals surface area contributed by atoms with Crippen LogP contribution in [0.1, 0.15) is 43.5 Å². The standard InChI is InChI=1S/C17H27N3O/c1-3-11-19(4-2)15-9-7-14(8-10-15)17(21)20-12-5-6-16(20)13-18/h7-10,16H,3-6,11-13,18H2,1-2H3. The quantitative estimate of drug-likeness (QED) is 0.875. The van der Waals surface area contributed by atoms with Crippen molar-refractivity contribution >= 4 is 11.6 Å². The third-order valence-electron chi connectivity index (χ3n) is 4.26. The SMILES string of the molecule is CCCN(CC)c1ccc(C(=O)N2CCCC2CN)cc1. The van der Waals surface area contributed by atoms with E-state index in [1.54, 1.807) is 0 Å². The largest absolute Gasteiger partial charge is 0.372 e. The topological polar surface area (TPSA) is 49.6 Å². The molecule has 1 aliphatic heterocycles. The van der Waals surface area contributed by atoms with Crippen LogP contribution in [0.2, 0.25) is 0 Å². The Morgan fingerprint density at radius 2 is 2.05 bits per heavy atom. The molecule has 1 saturated heterocycles. The molecule has 2 rings (SSSR count). The molecule has 116 valence electrons. The van der Waals surface area contributed by atoms with Crippen molar-refractivity contribution in [3.8, 4) is 0 Å². The highest BCUT2D eigenvalue weighted by atomic mass is 16.2. The van der Waals surface area contributed by atoms with Gasteiger partial charge in [-0.2, -0.15) is 0 Å². The lowest BCUT2D eigenvalue weighted by Crippen LogP contribution is -2.39. The van der Waals surface area contributed by atoms with Gasteiger partial charge in [0.1, 0.15) is 0 Å². The first-order valence-corrected chi connectivity index (χ1v) is 8.07. The number of carbonyl (C=O) groups is 1. The van der Waals surface area contributed by atoms with Gasteiger partial charge in [-0.3, -0.25) is 4.79 Å². The maximum absolute atomic E-state index is 12.5. The number of likely N-dealkylation sites (tertiary alicyclic amines) is 1. The minimum absolute atomic E-state index is 0.119. The normalized spacial score (nSPS) is 18.0. The smallest absolute Gasteiger partial charge is 0.254 e. The van der Waals surface area contributed by atoms with Gasteiger partial charge in [-0.05, 0) is 50.5 Å². The maximum atomic E-state index is 12.5. The maximum Gasteiger partial charge on any atom is 0.254 e. The van der Waals surface area contributed by atoms with Crippen molar-refractivity contribution in [2.45, 2.75) is 39.2 Å². The lowest BCUT2D eigenvalue weighted by Gasteiger charge is -2.25. The summed E-state index contributed by atoms with van der Waals surface area (Å²) >= 11 is 0. The number of amides is 1. The summed E-state index contributed by atoms with van der Waals surface area (Å²) in [5.74, 6) is 0.119. The van der Waals surface area contributed by atoms with Crippen LogP contribution in [0.15, 0.2) is 24.3 Å². The fourth-order valence-corrected chi connectivity index (χ4v) is 3.07. The van der Waals surface area contributed by atoms with Crippen molar-refractivity contribution in [3.63, 3.8) is 0 Å². The molecule has 0 aliphatic carbocycles. The van der Waals surface area contributed by atoms with E-state index < -0.39 is 0 Å². The van der Waals surface area contributed by atoms with Crippen molar-refractivity contribution in [2.24, 2.45) is 5.73 Å². The van der Waals surface area contributed by atoms with Crippen molar-refractivity contribution in [3.05, 3.63) is 29.8 Å². The Balaban J connectivity index is 2.09. The lowest BCUT2D eigenvalue weighted by atomic mass is 10.1. The predicted octanol–water partition coefficient (Wildman–Crippen LogP) is 2.49. The van der Waals surface area contributed by atoms with Gasteiger partial charge in [0.15, 0.2) is 0 Å². The molecule has 1 amide bonds. The van der Waals surface area contributed by atoms with Gasteiger partial charge in [0.05, 0.1) is 0 Å². The van der Waals surface area contributed by atoms with Crippen molar-refractivity contribution in [1.29, 1.82) is 0 Å². The van der Waals surface area contributed by atoms with Crippen molar-refractivity contribution < 1.29 is 4.79 Å². The number of nitrogens with zero attached hydrogens (tertiary/aromatic N) is 2. The average Bonchev–Trinajstić information content (AvgIpc) is 3.00. The molecular weight excluding hydrogens is 262 g/mol. The molecular formula is C17H27N3O. The Morgan fingerprint density at radius 3 is 2.62 bits per heavy atom. The first kappa shape index (κ1) is 15.8. The van der Waals surface area contributed by atoms with Crippen molar-refractivity contribution in [1.82, 2.24) is 4.90 Å². The van der Waals surface area contributed by atoms with Gasteiger partial charge in [0, 0.05) is 43.5 Å². The van der Waals surface area contributed by atoms with Gasteiger partial charge in [-0.15, -0.1) is 0 Å². The van der Waals surface area contributed by atoms with E-state index >= 15 is 0 Å². The molecule has 0 aromatic heterocycles. The van der Waals surface area contributed by atoms with E-state index in [2.05, 4.69) is 30.9 Å². The number of rotatable bonds is 6. The van der Waals surface area contributed by atoms with Crippen LogP contribution in [0.4, 0.5) is 5.69 Å². The van der Waals surface area contributed by atoms with Crippen LogP contribution in [-0.2, 0) is 0 Å². The third kappa shape index (κ3) is 3.56. The minimum atomic E-state index is 0.119. The van der Waals surface area contributed by atoms with Gasteiger partial charge in [-0.25, -0.2) is 0 Å². The molecule has 1 aliphatic rings. The summed E-state index contributed by atoms with van der Waals surface area (Å²) in [6, 6.07) is 8.22. The Morgan fingerprint density at radius 1 is 1.33 bits per heavy atom. The second-order valence-electron chi connectivity index (χ2n) is 5.66. The molecule has 4 nitrogen and oxygen atoms in total. The summed E-state index contributed by atoms with van der Waals surface area (Å²) in [5, 5.41) is 0. The Kier molecular flexibility index (Phi) is 5.62. The highest BCUT2D eigenvalue weighted by molar-refractivity contribution is 5.95. The molecule has 1 atom stereocenters. The van der Waals surface area contributed by atoms with E-state index in [1.165, 1.54) is 5.69 Å². The summed E-state index contributed by atoms with van der Waals surface area (Å²) in [7, 11) is 0. The van der Waals surface area contributed by atoms with Crippen LogP contribution in [0.5, 0.6) is 0 Å². The number of hydrogen-bond acceptors (Lipinski definition) is 3. The molecule has 0 saturated carbocycles. The molecule has 0 spiro atoms. The highest BCUT2D eigenvalue weighted by Gasteiger charge is 2.28. The van der Waals surface area contributed by atoms with Gasteiger partial charge >= 0.3 is 0 Å². The van der Waals surface area contributed by atoms with E-state index in [9.17, 15) is 4.79 Å². The fourth-order valence-electron chi connectivity index (χ4n) is 3.07. The second kappa shape index (κ2) is 7.46. The van der Waals surface area contributed by atoms with Crippen LogP contribution >= 0.6 is 0 Å². The zero-order chi connectivity index (χ0) is 15.2. The van der Waals surface area contributed by atoms with Crippen LogP contribution in [-0.4, -0.2) is 43.0 Å². The van der Waals surface area contributed by atoms with E-state index in [0.717, 1.165) is 44.5 Å². The average molecular weight is 289 g/mol. The second-order valence-corrected chi connectivity index (χ2v) is 5.66. The highest BCUT2D eigenvalue weighted by Crippen LogP contribution is 2.21. The van der Waals surface area contributed by atoms with Gasteiger partial charge in [0.25, 0.3) is 5.91 Å². The predicted molar refractivity (Wildman–Crippen MR) is 87.7 cm³/mol. The summed E-state index contributed by atoms with van der Waals surface area (Å²) in [4.78, 5) is 16.8. The number of hydrogen-bond donors (Lipinski definition) is 1. The zero-order valence-electron chi connectivity index (χ0n) is 13.2. The van der Waals surface area contributed by atoms with Crippen LogP contribution in [0.3, 0.4) is 0 Å². The molecule has 21 heavy (non-hydrogen) atoms. The Hall–Kier alpha value is -1.55. The molecule has 1 aromatic carbocycles. The molecule has 0 bridgehead atoms. The number of benzene rings is 1. The molecule has 1 heterocycles. The summed E-state index contributed by atoms with van der Waals surface area (Å²) in [6.45, 7) is 7.77. The van der Waals surface area contributed by atoms with E-state index in [1.807, 2.05) is 17.0 Å². The third-order valence-corrected chi connectivity index (χ3v) is 4.26. The zero-order valence-corrected chi connectivity index (χ0v) is 13.2. The molecule has 2 N–H and O–H groups in total. The molecule has 1 aromatic rings. The fraction of sp³-hybridized carbons (Fsp3) is 0.588. The number of anilines is 1. The first-order valence-electron chi connectivity index (χ1n) is 8.07. The Bertz CT molecular complexity index is 458. The monoisotopic (exact) mass is 289 g/mol. The molecule has 0 radical (unpaired) electrons. The van der Waals surface area contributed by atoms with E-state index in [-0.39, 0.29) is 11.9 Å². The summed E-state index contributed by atoms with van der Waals surface area (Å²) in [6.07, 6.45) is 3.21.